The molecule has 0 unspecified atom stereocenters. The number of hydrogen-bond acceptors (Lipinski definition) is 15. The number of phenols is 2. The van der Waals surface area contributed by atoms with Gasteiger partial charge in [0.25, 0.3) is 0 Å². The van der Waals surface area contributed by atoms with Crippen LogP contribution in [0.15, 0.2) is 18.2 Å². The number of ketones is 3. The van der Waals surface area contributed by atoms with Gasteiger partial charge in [-0.15, -0.1) is 0 Å². The average Bonchev–Trinajstić information content (AvgIpc) is 3.11. The molecule has 2 aromatic rings. The molecular formula is C34H38INO14. The summed E-state index contributed by atoms with van der Waals surface area (Å²) in [4.78, 5) is 53.0. The number of carbonyl (C=O) groups excluding carboxylic acids is 4. The Labute approximate surface area is 300 Å². The van der Waals surface area contributed by atoms with Crippen LogP contribution < -0.4 is 10.1 Å². The number of hydrogen-bond donors (Lipinski definition) is 4. The average molecular weight is 812 g/mol. The normalized spacial score (nSPS) is 29.1. The first-order valence-electron chi connectivity index (χ1n) is 16.1. The van der Waals surface area contributed by atoms with Crippen LogP contribution in [0.3, 0.4) is 0 Å². The first-order chi connectivity index (χ1) is 23.9. The van der Waals surface area contributed by atoms with Crippen LogP contribution in [0.5, 0.6) is 17.2 Å². The first kappa shape index (κ1) is 36.6. The van der Waals surface area contributed by atoms with Crippen molar-refractivity contribution < 1.29 is 67.7 Å². The zero-order valence-corrected chi connectivity index (χ0v) is 29.7. The Hall–Kier alpha value is -3.23. The Balaban J connectivity index is 1.34. The summed E-state index contributed by atoms with van der Waals surface area (Å²) in [5, 5.41) is 38.4. The van der Waals surface area contributed by atoms with E-state index in [0.29, 0.717) is 19.6 Å². The predicted molar refractivity (Wildman–Crippen MR) is 179 cm³/mol. The number of fused-ring (bicyclic) bond motifs is 3. The Bertz CT molecular complexity index is 1700. The molecule has 0 amide bonds. The molecule has 0 aromatic heterocycles. The molecule has 50 heavy (non-hydrogen) atoms. The van der Waals surface area contributed by atoms with E-state index in [1.54, 1.807) is 29.5 Å². The minimum Gasteiger partial charge on any atom is -0.507 e. The number of benzene rings is 2. The fraction of sp³-hybridized carbons (Fsp3) is 0.529. The van der Waals surface area contributed by atoms with E-state index in [-0.39, 0.29) is 45.0 Å². The van der Waals surface area contributed by atoms with Gasteiger partial charge < -0.3 is 48.5 Å². The van der Waals surface area contributed by atoms with E-state index in [0.717, 1.165) is 0 Å². The lowest BCUT2D eigenvalue weighted by Crippen LogP contribution is -2.54. The topological polar surface area (TPSA) is 206 Å². The molecule has 0 spiro atoms. The highest BCUT2D eigenvalue weighted by Crippen LogP contribution is 2.52. The van der Waals surface area contributed by atoms with Gasteiger partial charge in [0.15, 0.2) is 31.2 Å². The van der Waals surface area contributed by atoms with Crippen molar-refractivity contribution in [1.82, 2.24) is 5.32 Å². The van der Waals surface area contributed by atoms with Crippen molar-refractivity contribution >= 4 is 45.9 Å². The zero-order chi connectivity index (χ0) is 35.9. The van der Waals surface area contributed by atoms with E-state index in [1.165, 1.54) is 32.4 Å². The van der Waals surface area contributed by atoms with Crippen molar-refractivity contribution in [3.63, 3.8) is 0 Å². The van der Waals surface area contributed by atoms with Crippen LogP contribution in [0, 0.1) is 0 Å². The van der Waals surface area contributed by atoms with E-state index in [1.807, 2.05) is 0 Å². The molecule has 2 heterocycles. The smallest absolute Gasteiger partial charge is 0.316 e. The molecule has 2 aliphatic heterocycles. The number of Topliss-reactive ketones (excluding diaryl/α,β-unsaturated/α-hetero) is 1. The van der Waals surface area contributed by atoms with Crippen LogP contribution in [0.4, 0.5) is 0 Å². The number of aliphatic hydroxyl groups is 1. The van der Waals surface area contributed by atoms with Crippen molar-refractivity contribution in [2.75, 3.05) is 38.4 Å². The number of esters is 1. The third kappa shape index (κ3) is 6.63. The van der Waals surface area contributed by atoms with Crippen molar-refractivity contribution in [3.05, 3.63) is 51.6 Å². The molecule has 2 aliphatic carbocycles. The van der Waals surface area contributed by atoms with Crippen LogP contribution in [0.25, 0.3) is 0 Å². The summed E-state index contributed by atoms with van der Waals surface area (Å²) < 4.78 is 40.0. The van der Waals surface area contributed by atoms with Crippen LogP contribution >= 0.6 is 22.6 Å². The van der Waals surface area contributed by atoms with Gasteiger partial charge in [0.2, 0.25) is 11.6 Å². The number of ether oxygens (including phenoxy) is 7. The number of aromatic hydroxyl groups is 2. The summed E-state index contributed by atoms with van der Waals surface area (Å²) >= 11 is 1.77. The summed E-state index contributed by atoms with van der Waals surface area (Å²) in [5.74, 6) is -4.31. The molecule has 16 heteroatoms. The lowest BCUT2D eigenvalue weighted by Gasteiger charge is -2.42. The van der Waals surface area contributed by atoms with Gasteiger partial charge in [-0.1, -0.05) is 34.7 Å². The highest BCUT2D eigenvalue weighted by molar-refractivity contribution is 14.1. The Morgan fingerprint density at radius 1 is 1.06 bits per heavy atom. The first-order valence-corrected chi connectivity index (χ1v) is 17.6. The summed E-state index contributed by atoms with van der Waals surface area (Å²) in [5.41, 5.74) is -3.57. The quantitative estimate of drug-likeness (QED) is 0.100. The maximum atomic E-state index is 13.9. The highest BCUT2D eigenvalue weighted by Gasteiger charge is 2.50. The number of methoxy groups -OCH3 is 2. The summed E-state index contributed by atoms with van der Waals surface area (Å²) in [6.07, 6.45) is -4.61. The lowest BCUT2D eigenvalue weighted by atomic mass is 9.72. The number of morpholine rings is 1. The monoisotopic (exact) mass is 811 g/mol. The number of phenolic OH excluding ortho intramolecular Hbond substituents is 2. The van der Waals surface area contributed by atoms with Gasteiger partial charge in [-0.2, -0.15) is 0 Å². The number of carbonyl (C=O) groups is 4. The molecule has 7 atom stereocenters. The Morgan fingerprint density at radius 3 is 2.52 bits per heavy atom. The second kappa shape index (κ2) is 14.8. The van der Waals surface area contributed by atoms with Crippen LogP contribution in [-0.2, 0) is 44.4 Å². The molecule has 0 radical (unpaired) electrons. The molecule has 6 rings (SSSR count). The van der Waals surface area contributed by atoms with Crippen molar-refractivity contribution in [2.24, 2.45) is 0 Å². The molecule has 4 N–H and O–H groups in total. The third-order valence-electron chi connectivity index (χ3n) is 9.49. The van der Waals surface area contributed by atoms with Crippen molar-refractivity contribution in [3.8, 4) is 17.2 Å². The van der Waals surface area contributed by atoms with Crippen molar-refractivity contribution in [1.29, 1.82) is 0 Å². The van der Waals surface area contributed by atoms with Gasteiger partial charge in [0.05, 0.1) is 53.1 Å². The number of halogens is 1. The second-order valence-corrected chi connectivity index (χ2v) is 13.3. The molecular weight excluding hydrogens is 773 g/mol. The molecule has 15 nitrogen and oxygen atoms in total. The molecule has 2 aromatic carbocycles. The Kier molecular flexibility index (Phi) is 10.8. The number of rotatable bonds is 10. The second-order valence-electron chi connectivity index (χ2n) is 12.5. The molecule has 2 saturated heterocycles. The predicted octanol–water partition coefficient (Wildman–Crippen LogP) is 1.99. The van der Waals surface area contributed by atoms with E-state index >= 15 is 0 Å². The van der Waals surface area contributed by atoms with E-state index in [9.17, 15) is 34.5 Å². The van der Waals surface area contributed by atoms with E-state index in [2.05, 4.69) is 5.32 Å². The van der Waals surface area contributed by atoms with E-state index < -0.39 is 102 Å². The SMILES string of the molecule is COc1cccc2c1C(=O)c1c(O)c3c(c(O)c1C2=O)C[C@@](O)(C(=O)COC(=O)CI)C[C@@H]3O[C@H]1CC[C@H](O[C@H]2NCCO[C@@H]2OC)[C@H](C)O1. The number of alkyl halides is 1. The van der Waals surface area contributed by atoms with Gasteiger partial charge in [0, 0.05) is 49.6 Å². The number of nitrogens with one attached hydrogen (secondary N) is 1. The zero-order valence-electron chi connectivity index (χ0n) is 27.6. The maximum absolute atomic E-state index is 13.9. The minimum atomic E-state index is -2.27. The summed E-state index contributed by atoms with van der Waals surface area (Å²) in [7, 11) is 2.85. The largest absolute Gasteiger partial charge is 0.507 e. The van der Waals surface area contributed by atoms with Crippen LogP contribution in [-0.4, -0.2) is 114 Å². The van der Waals surface area contributed by atoms with Crippen LogP contribution in [0.1, 0.15) is 75.3 Å². The summed E-state index contributed by atoms with van der Waals surface area (Å²) in [6, 6.07) is 4.41. The van der Waals surface area contributed by atoms with Gasteiger partial charge in [-0.25, -0.2) is 0 Å². The molecule has 0 saturated carbocycles. The third-order valence-corrected chi connectivity index (χ3v) is 10.1. The molecule has 0 bridgehead atoms. The van der Waals surface area contributed by atoms with E-state index in [4.69, 9.17) is 33.2 Å². The van der Waals surface area contributed by atoms with Gasteiger partial charge >= 0.3 is 5.97 Å². The van der Waals surface area contributed by atoms with Crippen molar-refractivity contribution in [2.45, 2.75) is 75.3 Å². The summed E-state index contributed by atoms with van der Waals surface area (Å²) in [6.45, 7) is 2.07. The standard InChI is InChI=1S/C34H38INO14/c1-15-18(50-32-33(45-3)46-10-9-36-32)7-8-23(48-15)49-20-12-34(43,21(37)14-47-22(38)13-35)11-17-25(20)31(42)27-26(29(17)40)28(39)16-5-4-6-19(44-2)24(16)30(27)41/h4-6,15,18,20,23,32-33,36,40,42-43H,7-14H2,1-3H3/t15-,18-,20-,23-,32+,33-,34-/m0/s1. The minimum absolute atomic E-state index is 0.0287. The fourth-order valence-electron chi connectivity index (χ4n) is 7.01. The lowest BCUT2D eigenvalue weighted by molar-refractivity contribution is -0.281. The van der Waals surface area contributed by atoms with Gasteiger partial charge in [-0.05, 0) is 19.4 Å². The highest BCUT2D eigenvalue weighted by atomic mass is 127. The van der Waals surface area contributed by atoms with Gasteiger partial charge in [0.1, 0.15) is 22.8 Å². The maximum Gasteiger partial charge on any atom is 0.316 e. The molecule has 4 aliphatic rings. The van der Waals surface area contributed by atoms with Gasteiger partial charge in [-0.3, -0.25) is 24.5 Å². The Morgan fingerprint density at radius 2 is 1.82 bits per heavy atom. The molecule has 270 valence electrons. The fourth-order valence-corrected chi connectivity index (χ4v) is 7.23. The van der Waals surface area contributed by atoms with Crippen LogP contribution in [0.2, 0.25) is 0 Å². The molecule has 2 fully saturated rings.